The van der Waals surface area contributed by atoms with Crippen molar-refractivity contribution in [1.82, 2.24) is 9.55 Å². The van der Waals surface area contributed by atoms with Crippen LogP contribution < -0.4 is 37.1 Å². The summed E-state index contributed by atoms with van der Waals surface area (Å²) in [5.41, 5.74) is 10.3. The molecular weight excluding hydrogens is 466 g/mol. The summed E-state index contributed by atoms with van der Waals surface area (Å²) >= 11 is 6.22. The van der Waals surface area contributed by atoms with E-state index in [4.69, 9.17) is 32.5 Å². The number of H-pyrrole nitrogens is 1. The number of carbonyl (C=O) groups is 2. The zero-order chi connectivity index (χ0) is 25.0. The third kappa shape index (κ3) is 5.04. The number of nitrogens with zero attached hydrogens (tertiary/aromatic N) is 2. The topological polar surface area (TPSA) is 163 Å². The van der Waals surface area contributed by atoms with Crippen molar-refractivity contribution in [3.63, 3.8) is 0 Å². The fourth-order valence-corrected chi connectivity index (χ4v) is 3.51. The van der Waals surface area contributed by atoms with Crippen molar-refractivity contribution >= 4 is 34.9 Å². The largest absolute Gasteiger partial charge is 0.493 e. The van der Waals surface area contributed by atoms with Crippen LogP contribution in [0.3, 0.4) is 0 Å². The number of anilines is 2. The number of methoxy groups -OCH3 is 1. The standard InChI is InChI=1S/C22H22ClN5O6/c1-27(21(31)13-8-14(23)18(15(9-13)33-2)34-11-16(24)29)17-19(25)28(22(32)26-20(17)30)10-12-6-4-3-5-7-12/h3-9H,10-11,25H2,1-2H3,(H2,24,29)(H,26,30,32). The van der Waals surface area contributed by atoms with Crippen molar-refractivity contribution in [2.75, 3.05) is 31.4 Å². The molecule has 1 heterocycles. The molecule has 0 aliphatic rings. The molecule has 2 aromatic carbocycles. The molecule has 0 spiro atoms. The summed E-state index contributed by atoms with van der Waals surface area (Å²) in [6.45, 7) is -0.360. The van der Waals surface area contributed by atoms with Crippen molar-refractivity contribution in [2.45, 2.75) is 6.54 Å². The van der Waals surface area contributed by atoms with Crippen LogP contribution in [0.25, 0.3) is 0 Å². The monoisotopic (exact) mass is 487 g/mol. The van der Waals surface area contributed by atoms with Crippen LogP contribution in [0.5, 0.6) is 11.5 Å². The Morgan fingerprint density at radius 2 is 1.85 bits per heavy atom. The number of primary amides is 1. The smallest absolute Gasteiger partial charge is 0.330 e. The van der Waals surface area contributed by atoms with Crippen molar-refractivity contribution < 1.29 is 19.1 Å². The number of hydrogen-bond donors (Lipinski definition) is 3. The summed E-state index contributed by atoms with van der Waals surface area (Å²) < 4.78 is 11.6. The molecule has 0 saturated heterocycles. The molecule has 1 aromatic heterocycles. The van der Waals surface area contributed by atoms with Crippen LogP contribution in [-0.2, 0) is 11.3 Å². The Labute approximate surface area is 198 Å². The van der Waals surface area contributed by atoms with E-state index in [9.17, 15) is 19.2 Å². The molecule has 0 aliphatic heterocycles. The van der Waals surface area contributed by atoms with E-state index < -0.39 is 29.7 Å². The van der Waals surface area contributed by atoms with Gasteiger partial charge in [-0.3, -0.25) is 23.9 Å². The van der Waals surface area contributed by atoms with Gasteiger partial charge >= 0.3 is 5.69 Å². The summed E-state index contributed by atoms with van der Waals surface area (Å²) in [5.74, 6) is -1.48. The van der Waals surface area contributed by atoms with E-state index in [1.807, 2.05) is 6.07 Å². The maximum absolute atomic E-state index is 13.2. The first-order chi connectivity index (χ1) is 16.1. The molecule has 0 saturated carbocycles. The first kappa shape index (κ1) is 24.4. The maximum Gasteiger partial charge on any atom is 0.330 e. The van der Waals surface area contributed by atoms with Crippen LogP contribution >= 0.6 is 11.6 Å². The molecule has 0 aliphatic carbocycles. The Balaban J connectivity index is 2.00. The number of hydrogen-bond acceptors (Lipinski definition) is 7. The number of nitrogen functional groups attached to an aromatic ring is 1. The second kappa shape index (κ2) is 10.1. The number of ether oxygens (including phenoxy) is 2. The van der Waals surface area contributed by atoms with E-state index in [0.29, 0.717) is 0 Å². The van der Waals surface area contributed by atoms with Crippen molar-refractivity contribution in [3.05, 3.63) is 79.5 Å². The van der Waals surface area contributed by atoms with Gasteiger partial charge in [0.05, 0.1) is 18.7 Å². The lowest BCUT2D eigenvalue weighted by atomic mass is 10.1. The lowest BCUT2D eigenvalue weighted by molar-refractivity contribution is -0.119. The van der Waals surface area contributed by atoms with Crippen LogP contribution in [0.1, 0.15) is 15.9 Å². The molecule has 11 nitrogen and oxygen atoms in total. The number of amides is 2. The Hall–Kier alpha value is -4.25. The Kier molecular flexibility index (Phi) is 7.27. The van der Waals surface area contributed by atoms with E-state index in [-0.39, 0.29) is 40.1 Å². The number of benzene rings is 2. The summed E-state index contributed by atoms with van der Waals surface area (Å²) in [6.07, 6.45) is 0. The van der Waals surface area contributed by atoms with Gasteiger partial charge in [-0.2, -0.15) is 0 Å². The second-order valence-electron chi connectivity index (χ2n) is 7.17. The fourth-order valence-electron chi connectivity index (χ4n) is 3.25. The van der Waals surface area contributed by atoms with Gasteiger partial charge in [-0.05, 0) is 17.7 Å². The predicted octanol–water partition coefficient (Wildman–Crippen LogP) is 0.970. The van der Waals surface area contributed by atoms with Crippen LogP contribution in [0.15, 0.2) is 52.1 Å². The highest BCUT2D eigenvalue weighted by Gasteiger charge is 2.24. The molecule has 0 bridgehead atoms. The molecule has 3 rings (SSSR count). The van der Waals surface area contributed by atoms with Crippen LogP contribution in [0, 0.1) is 0 Å². The van der Waals surface area contributed by atoms with E-state index in [1.54, 1.807) is 24.3 Å². The fraction of sp³-hybridized carbons (Fsp3) is 0.182. The third-order valence-electron chi connectivity index (χ3n) is 4.87. The maximum atomic E-state index is 13.2. The molecule has 2 amide bonds. The van der Waals surface area contributed by atoms with Gasteiger partial charge in [0.2, 0.25) is 0 Å². The molecule has 178 valence electrons. The predicted molar refractivity (Wildman–Crippen MR) is 127 cm³/mol. The van der Waals surface area contributed by atoms with Gasteiger partial charge < -0.3 is 25.8 Å². The zero-order valence-electron chi connectivity index (χ0n) is 18.3. The minimum absolute atomic E-state index is 0.0201. The van der Waals surface area contributed by atoms with E-state index in [0.717, 1.165) is 15.0 Å². The minimum Gasteiger partial charge on any atom is -0.493 e. The number of rotatable bonds is 8. The number of aromatic amines is 1. The van der Waals surface area contributed by atoms with E-state index in [2.05, 4.69) is 4.98 Å². The molecule has 0 atom stereocenters. The number of nitrogens with two attached hydrogens (primary N) is 2. The summed E-state index contributed by atoms with van der Waals surface area (Å²) in [7, 11) is 2.65. The van der Waals surface area contributed by atoms with Crippen molar-refractivity contribution in [1.29, 1.82) is 0 Å². The van der Waals surface area contributed by atoms with Gasteiger partial charge in [0.15, 0.2) is 23.8 Å². The molecule has 0 unspecified atom stereocenters. The summed E-state index contributed by atoms with van der Waals surface area (Å²) in [4.78, 5) is 52.4. The van der Waals surface area contributed by atoms with Crippen molar-refractivity contribution in [2.24, 2.45) is 5.73 Å². The number of nitrogens with one attached hydrogen (secondary N) is 1. The minimum atomic E-state index is -0.831. The third-order valence-corrected chi connectivity index (χ3v) is 5.15. The van der Waals surface area contributed by atoms with Gasteiger partial charge in [0, 0.05) is 12.6 Å². The quantitative estimate of drug-likeness (QED) is 0.426. The molecule has 34 heavy (non-hydrogen) atoms. The summed E-state index contributed by atoms with van der Waals surface area (Å²) in [5, 5.41) is -0.0201. The number of carbonyl (C=O) groups excluding carboxylic acids is 2. The lowest BCUT2D eigenvalue weighted by Crippen LogP contribution is -2.39. The van der Waals surface area contributed by atoms with Gasteiger partial charge in [0.1, 0.15) is 5.82 Å². The van der Waals surface area contributed by atoms with Gasteiger partial charge in [0.25, 0.3) is 17.4 Å². The lowest BCUT2D eigenvalue weighted by Gasteiger charge is -2.21. The average molecular weight is 488 g/mol. The highest BCUT2D eigenvalue weighted by Crippen LogP contribution is 2.37. The first-order valence-corrected chi connectivity index (χ1v) is 10.2. The molecular formula is C22H22ClN5O6. The van der Waals surface area contributed by atoms with Crippen LogP contribution in [0.2, 0.25) is 5.02 Å². The summed E-state index contributed by atoms with van der Waals surface area (Å²) in [6, 6.07) is 11.6. The Morgan fingerprint density at radius 3 is 2.47 bits per heavy atom. The molecule has 0 radical (unpaired) electrons. The SMILES string of the molecule is COc1cc(C(=O)N(C)c2c(N)n(Cc3ccccc3)c(=O)[nH]c2=O)cc(Cl)c1OCC(N)=O. The highest BCUT2D eigenvalue weighted by molar-refractivity contribution is 6.33. The van der Waals surface area contributed by atoms with Crippen molar-refractivity contribution in [3.8, 4) is 11.5 Å². The number of aromatic nitrogens is 2. The van der Waals surface area contributed by atoms with Gasteiger partial charge in [-0.1, -0.05) is 41.9 Å². The second-order valence-corrected chi connectivity index (χ2v) is 7.58. The average Bonchev–Trinajstić information content (AvgIpc) is 2.80. The molecule has 5 N–H and O–H groups in total. The molecule has 3 aromatic rings. The van der Waals surface area contributed by atoms with Crippen LogP contribution in [0.4, 0.5) is 11.5 Å². The Morgan fingerprint density at radius 1 is 1.18 bits per heavy atom. The van der Waals surface area contributed by atoms with Crippen LogP contribution in [-0.4, -0.2) is 42.1 Å². The highest BCUT2D eigenvalue weighted by atomic mass is 35.5. The van der Waals surface area contributed by atoms with Gasteiger partial charge in [-0.15, -0.1) is 0 Å². The van der Waals surface area contributed by atoms with E-state index >= 15 is 0 Å². The first-order valence-electron chi connectivity index (χ1n) is 9.87. The number of halogens is 1. The van der Waals surface area contributed by atoms with E-state index in [1.165, 1.54) is 26.3 Å². The molecule has 12 heteroatoms. The Bertz CT molecular complexity index is 1350. The molecule has 0 fully saturated rings. The normalized spacial score (nSPS) is 10.6. The van der Waals surface area contributed by atoms with Gasteiger partial charge in [-0.25, -0.2) is 4.79 Å². The zero-order valence-corrected chi connectivity index (χ0v) is 19.1.